The summed E-state index contributed by atoms with van der Waals surface area (Å²) in [4.78, 5) is 26.9. The fourth-order valence-electron chi connectivity index (χ4n) is 1.85. The molecule has 1 aliphatic heterocycles. The summed E-state index contributed by atoms with van der Waals surface area (Å²) in [7, 11) is 1.75. The Hall–Kier alpha value is -0.810. The summed E-state index contributed by atoms with van der Waals surface area (Å²) in [6, 6.07) is -0.555. The SMILES string of the molecule is C[C@@H](N)C(=O)N1CCN(C)C(=O)C1(C)C.Cl. The lowest BCUT2D eigenvalue weighted by atomic mass is 9.97. The zero-order valence-electron chi connectivity index (χ0n) is 10.2. The summed E-state index contributed by atoms with van der Waals surface area (Å²) in [5, 5.41) is 0. The van der Waals surface area contributed by atoms with Gasteiger partial charge < -0.3 is 15.5 Å². The topological polar surface area (TPSA) is 66.6 Å². The van der Waals surface area contributed by atoms with E-state index in [2.05, 4.69) is 0 Å². The van der Waals surface area contributed by atoms with Crippen LogP contribution >= 0.6 is 12.4 Å². The van der Waals surface area contributed by atoms with Crippen molar-refractivity contribution in [3.8, 4) is 0 Å². The molecule has 0 aromatic rings. The molecular weight excluding hydrogens is 230 g/mol. The molecule has 0 aromatic carbocycles. The van der Waals surface area contributed by atoms with Crippen LogP contribution in [-0.4, -0.2) is 53.3 Å². The van der Waals surface area contributed by atoms with Crippen LogP contribution in [-0.2, 0) is 9.59 Å². The third kappa shape index (κ3) is 2.47. The van der Waals surface area contributed by atoms with Gasteiger partial charge in [0.05, 0.1) is 6.04 Å². The van der Waals surface area contributed by atoms with Crippen LogP contribution in [0.1, 0.15) is 20.8 Å². The Balaban J connectivity index is 0.00000225. The monoisotopic (exact) mass is 249 g/mol. The first kappa shape index (κ1) is 15.2. The zero-order valence-corrected chi connectivity index (χ0v) is 11.0. The van der Waals surface area contributed by atoms with E-state index in [0.29, 0.717) is 13.1 Å². The van der Waals surface area contributed by atoms with Crippen molar-refractivity contribution >= 4 is 24.2 Å². The van der Waals surface area contributed by atoms with Gasteiger partial charge in [0, 0.05) is 20.1 Å². The fourth-order valence-corrected chi connectivity index (χ4v) is 1.85. The van der Waals surface area contributed by atoms with Gasteiger partial charge in [0.1, 0.15) is 5.54 Å². The number of carbonyl (C=O) groups is 2. The lowest BCUT2D eigenvalue weighted by molar-refractivity contribution is -0.157. The van der Waals surface area contributed by atoms with Gasteiger partial charge in [-0.05, 0) is 20.8 Å². The van der Waals surface area contributed by atoms with Crippen LogP contribution in [0.2, 0.25) is 0 Å². The summed E-state index contributed by atoms with van der Waals surface area (Å²) >= 11 is 0. The van der Waals surface area contributed by atoms with Gasteiger partial charge >= 0.3 is 0 Å². The second-order valence-corrected chi connectivity index (χ2v) is 4.56. The second-order valence-electron chi connectivity index (χ2n) is 4.56. The van der Waals surface area contributed by atoms with E-state index in [0.717, 1.165) is 0 Å². The van der Waals surface area contributed by atoms with Gasteiger partial charge in [-0.25, -0.2) is 0 Å². The van der Waals surface area contributed by atoms with Crippen LogP contribution in [0, 0.1) is 0 Å². The standard InChI is InChI=1S/C10H19N3O2.ClH/c1-7(11)8(14)13-6-5-12(4)9(15)10(13,2)3;/h7H,5-6,11H2,1-4H3;1H/t7-;/m1./s1. The van der Waals surface area contributed by atoms with Gasteiger partial charge in [0.15, 0.2) is 0 Å². The van der Waals surface area contributed by atoms with E-state index in [-0.39, 0.29) is 24.2 Å². The van der Waals surface area contributed by atoms with E-state index < -0.39 is 11.6 Å². The molecule has 0 saturated carbocycles. The number of piperazine rings is 1. The van der Waals surface area contributed by atoms with E-state index in [9.17, 15) is 9.59 Å². The van der Waals surface area contributed by atoms with Crippen molar-refractivity contribution < 1.29 is 9.59 Å². The maximum Gasteiger partial charge on any atom is 0.247 e. The molecule has 0 unspecified atom stereocenters. The number of hydrogen-bond donors (Lipinski definition) is 1. The van der Waals surface area contributed by atoms with Crippen LogP contribution in [0.15, 0.2) is 0 Å². The minimum Gasteiger partial charge on any atom is -0.342 e. The van der Waals surface area contributed by atoms with E-state index >= 15 is 0 Å². The fraction of sp³-hybridized carbons (Fsp3) is 0.800. The predicted molar refractivity (Wildman–Crippen MR) is 64.3 cm³/mol. The predicted octanol–water partition coefficient (Wildman–Crippen LogP) is -0.165. The number of hydrogen-bond acceptors (Lipinski definition) is 3. The molecule has 0 aliphatic carbocycles. The molecule has 1 fully saturated rings. The summed E-state index contributed by atoms with van der Waals surface area (Å²) < 4.78 is 0. The van der Waals surface area contributed by atoms with Crippen LogP contribution < -0.4 is 5.73 Å². The first-order valence-corrected chi connectivity index (χ1v) is 5.11. The molecule has 1 aliphatic rings. The summed E-state index contributed by atoms with van der Waals surface area (Å²) in [6.07, 6.45) is 0. The molecule has 0 aromatic heterocycles. The van der Waals surface area contributed by atoms with Gasteiger partial charge in [-0.15, -0.1) is 12.4 Å². The molecule has 6 heteroatoms. The van der Waals surface area contributed by atoms with E-state index in [4.69, 9.17) is 5.73 Å². The number of amides is 2. The number of likely N-dealkylation sites (N-methyl/N-ethyl adjacent to an activating group) is 1. The van der Waals surface area contributed by atoms with Crippen LogP contribution in [0.25, 0.3) is 0 Å². The van der Waals surface area contributed by atoms with Crippen molar-refractivity contribution in [2.24, 2.45) is 5.73 Å². The summed E-state index contributed by atoms with van der Waals surface area (Å²) in [5.41, 5.74) is 4.77. The quantitative estimate of drug-likeness (QED) is 0.702. The highest BCUT2D eigenvalue weighted by molar-refractivity contribution is 5.93. The first-order valence-electron chi connectivity index (χ1n) is 5.11. The van der Waals surface area contributed by atoms with Crippen LogP contribution in [0.5, 0.6) is 0 Å². The highest BCUT2D eigenvalue weighted by Gasteiger charge is 2.43. The Morgan fingerprint density at radius 1 is 1.44 bits per heavy atom. The summed E-state index contributed by atoms with van der Waals surface area (Å²) in [5.74, 6) is -0.204. The van der Waals surface area contributed by atoms with Crippen molar-refractivity contribution in [3.05, 3.63) is 0 Å². The third-order valence-corrected chi connectivity index (χ3v) is 2.86. The van der Waals surface area contributed by atoms with Crippen LogP contribution in [0.3, 0.4) is 0 Å². The minimum absolute atomic E-state index is 0. The molecule has 0 spiro atoms. The summed E-state index contributed by atoms with van der Waals surface area (Å²) in [6.45, 7) is 6.27. The first-order chi connectivity index (χ1) is 6.78. The Bertz CT molecular complexity index is 292. The molecule has 1 saturated heterocycles. The van der Waals surface area contributed by atoms with E-state index in [1.807, 2.05) is 0 Å². The van der Waals surface area contributed by atoms with Gasteiger partial charge in [-0.1, -0.05) is 0 Å². The Morgan fingerprint density at radius 3 is 2.38 bits per heavy atom. The number of carbonyl (C=O) groups excluding carboxylic acids is 2. The van der Waals surface area contributed by atoms with Crippen molar-refractivity contribution in [2.45, 2.75) is 32.4 Å². The van der Waals surface area contributed by atoms with Gasteiger partial charge in [-0.3, -0.25) is 9.59 Å². The highest BCUT2D eigenvalue weighted by Crippen LogP contribution is 2.22. The Labute approximate surface area is 102 Å². The maximum atomic E-state index is 11.9. The Morgan fingerprint density at radius 2 is 1.94 bits per heavy atom. The number of rotatable bonds is 1. The lowest BCUT2D eigenvalue weighted by Gasteiger charge is -2.45. The van der Waals surface area contributed by atoms with Crippen molar-refractivity contribution in [1.29, 1.82) is 0 Å². The number of nitrogens with two attached hydrogens (primary N) is 1. The average Bonchev–Trinajstić information content (AvgIpc) is 2.13. The average molecular weight is 250 g/mol. The zero-order chi connectivity index (χ0) is 11.8. The van der Waals surface area contributed by atoms with Crippen molar-refractivity contribution in [1.82, 2.24) is 9.80 Å². The molecule has 0 bridgehead atoms. The molecule has 2 amide bonds. The molecule has 1 rings (SSSR count). The van der Waals surface area contributed by atoms with E-state index in [1.165, 1.54) is 0 Å². The second kappa shape index (κ2) is 5.01. The number of nitrogens with zero attached hydrogens (tertiary/aromatic N) is 2. The molecule has 1 heterocycles. The largest absolute Gasteiger partial charge is 0.342 e. The van der Waals surface area contributed by atoms with Gasteiger partial charge in [0.25, 0.3) is 0 Å². The molecular formula is C10H20ClN3O2. The lowest BCUT2D eigenvalue weighted by Crippen LogP contribution is -2.65. The number of halogens is 1. The normalized spacial score (nSPS) is 21.4. The molecule has 2 N–H and O–H groups in total. The molecule has 94 valence electrons. The maximum absolute atomic E-state index is 11.9. The van der Waals surface area contributed by atoms with E-state index in [1.54, 1.807) is 37.6 Å². The van der Waals surface area contributed by atoms with Crippen molar-refractivity contribution in [3.63, 3.8) is 0 Å². The Kier molecular flexibility index (Phi) is 4.76. The van der Waals surface area contributed by atoms with Crippen molar-refractivity contribution in [2.75, 3.05) is 20.1 Å². The van der Waals surface area contributed by atoms with Crippen LogP contribution in [0.4, 0.5) is 0 Å². The van der Waals surface area contributed by atoms with Gasteiger partial charge in [-0.2, -0.15) is 0 Å². The molecule has 16 heavy (non-hydrogen) atoms. The smallest absolute Gasteiger partial charge is 0.247 e. The third-order valence-electron chi connectivity index (χ3n) is 2.86. The molecule has 0 radical (unpaired) electrons. The highest BCUT2D eigenvalue weighted by atomic mass is 35.5. The van der Waals surface area contributed by atoms with Gasteiger partial charge in [0.2, 0.25) is 11.8 Å². The minimum atomic E-state index is -0.780. The molecule has 1 atom stereocenters. The molecule has 5 nitrogen and oxygen atoms in total.